The van der Waals surface area contributed by atoms with Crippen LogP contribution in [0, 0.1) is 11.3 Å². The van der Waals surface area contributed by atoms with Crippen molar-refractivity contribution < 1.29 is 5.11 Å². The normalized spacial score (nSPS) is 22.3. The average Bonchev–Trinajstić information content (AvgIpc) is 2.95. The van der Waals surface area contributed by atoms with Crippen molar-refractivity contribution in [2.45, 2.75) is 10.6 Å². The average molecular weight is 305 g/mol. The molecule has 0 amide bonds. The molecule has 5 heteroatoms. The number of fused-ring (bicyclic) bond motifs is 3. The number of amidine groups is 1. The smallest absolute Gasteiger partial charge is 0.208 e. The summed E-state index contributed by atoms with van der Waals surface area (Å²) in [6, 6.07) is 19.1. The van der Waals surface area contributed by atoms with Gasteiger partial charge in [0.1, 0.15) is 11.6 Å². The molecule has 0 saturated heterocycles. The minimum absolute atomic E-state index is 0.208. The van der Waals surface area contributed by atoms with Crippen LogP contribution in [-0.4, -0.2) is 10.3 Å². The Balaban J connectivity index is 1.98. The maximum atomic E-state index is 11.5. The molecule has 106 valence electrons. The van der Waals surface area contributed by atoms with E-state index in [1.54, 1.807) is 4.90 Å². The maximum absolute atomic E-state index is 11.5. The van der Waals surface area contributed by atoms with Crippen molar-refractivity contribution in [1.29, 1.82) is 5.26 Å². The summed E-state index contributed by atoms with van der Waals surface area (Å²) in [7, 11) is 0. The molecular weight excluding hydrogens is 294 g/mol. The Bertz CT molecular complexity index is 854. The number of para-hydroxylation sites is 1. The number of rotatable bonds is 1. The van der Waals surface area contributed by atoms with E-state index in [4.69, 9.17) is 0 Å². The summed E-state index contributed by atoms with van der Waals surface area (Å²) in [5.41, 5.74) is 0.179. The zero-order chi connectivity index (χ0) is 15.2. The Kier molecular flexibility index (Phi) is 2.83. The second-order valence-electron chi connectivity index (χ2n) is 5.01. The SMILES string of the molecule is N#CC1=CN=C2Sc3ccccc3N2[C@@]1(O)c1ccccc1. The van der Waals surface area contributed by atoms with E-state index >= 15 is 0 Å². The predicted octanol–water partition coefficient (Wildman–Crippen LogP) is 3.22. The zero-order valence-electron chi connectivity index (χ0n) is 11.5. The Morgan fingerprint density at radius 1 is 1.09 bits per heavy atom. The molecule has 1 atom stereocenters. The van der Waals surface area contributed by atoms with E-state index < -0.39 is 5.72 Å². The molecule has 1 N–H and O–H groups in total. The maximum Gasteiger partial charge on any atom is 0.208 e. The first-order valence-corrected chi connectivity index (χ1v) is 7.60. The summed E-state index contributed by atoms with van der Waals surface area (Å²) in [6.45, 7) is 0. The van der Waals surface area contributed by atoms with E-state index in [0.29, 0.717) is 10.7 Å². The van der Waals surface area contributed by atoms with Gasteiger partial charge in [0.05, 0.1) is 5.69 Å². The van der Waals surface area contributed by atoms with Gasteiger partial charge in [-0.3, -0.25) is 4.90 Å². The van der Waals surface area contributed by atoms with Crippen molar-refractivity contribution in [2.24, 2.45) is 4.99 Å². The molecular formula is C17H11N3OS. The summed E-state index contributed by atoms with van der Waals surface area (Å²) in [5, 5.41) is 21.6. The minimum atomic E-state index is -1.54. The molecule has 0 fully saturated rings. The number of nitrogens with zero attached hydrogens (tertiary/aromatic N) is 3. The number of aliphatic hydroxyl groups is 1. The van der Waals surface area contributed by atoms with Crippen LogP contribution in [0.4, 0.5) is 5.69 Å². The summed E-state index contributed by atoms with van der Waals surface area (Å²) in [6.07, 6.45) is 1.46. The van der Waals surface area contributed by atoms with Gasteiger partial charge in [0.15, 0.2) is 5.17 Å². The van der Waals surface area contributed by atoms with Gasteiger partial charge in [-0.05, 0) is 23.9 Å². The number of thioether (sulfide) groups is 1. The molecule has 2 aliphatic heterocycles. The van der Waals surface area contributed by atoms with Crippen LogP contribution >= 0.6 is 11.8 Å². The lowest BCUT2D eigenvalue weighted by molar-refractivity contribution is 0.0902. The molecule has 2 aromatic rings. The van der Waals surface area contributed by atoms with E-state index in [1.807, 2.05) is 54.6 Å². The number of aliphatic imine (C=N–C) groups is 1. The van der Waals surface area contributed by atoms with Gasteiger partial charge in [0.25, 0.3) is 0 Å². The van der Waals surface area contributed by atoms with Crippen molar-refractivity contribution in [3.63, 3.8) is 0 Å². The van der Waals surface area contributed by atoms with Crippen LogP contribution in [0.5, 0.6) is 0 Å². The number of nitriles is 1. The summed E-state index contributed by atoms with van der Waals surface area (Å²) < 4.78 is 0. The number of hydrogen-bond acceptors (Lipinski definition) is 5. The van der Waals surface area contributed by atoms with Crippen molar-refractivity contribution in [3.8, 4) is 6.07 Å². The van der Waals surface area contributed by atoms with Gasteiger partial charge >= 0.3 is 0 Å². The van der Waals surface area contributed by atoms with Gasteiger partial charge in [-0.2, -0.15) is 5.26 Å². The van der Waals surface area contributed by atoms with Crippen LogP contribution in [0.2, 0.25) is 0 Å². The molecule has 2 heterocycles. The van der Waals surface area contributed by atoms with Crippen LogP contribution in [0.1, 0.15) is 5.56 Å². The number of hydrogen-bond donors (Lipinski definition) is 1. The van der Waals surface area contributed by atoms with Gasteiger partial charge in [-0.1, -0.05) is 42.5 Å². The third-order valence-corrected chi connectivity index (χ3v) is 4.83. The molecule has 2 aromatic carbocycles. The van der Waals surface area contributed by atoms with E-state index in [9.17, 15) is 10.4 Å². The lowest BCUT2D eigenvalue weighted by Crippen LogP contribution is -2.50. The quantitative estimate of drug-likeness (QED) is 0.879. The highest BCUT2D eigenvalue weighted by molar-refractivity contribution is 8.14. The minimum Gasteiger partial charge on any atom is -0.362 e. The second kappa shape index (κ2) is 4.73. The van der Waals surface area contributed by atoms with E-state index in [1.165, 1.54) is 18.0 Å². The van der Waals surface area contributed by atoms with Crippen molar-refractivity contribution >= 4 is 22.6 Å². The van der Waals surface area contributed by atoms with Gasteiger partial charge in [-0.15, -0.1) is 0 Å². The van der Waals surface area contributed by atoms with Gasteiger partial charge in [0, 0.05) is 16.7 Å². The lowest BCUT2D eigenvalue weighted by atomic mass is 9.92. The van der Waals surface area contributed by atoms with Crippen LogP contribution in [0.15, 0.2) is 76.3 Å². The largest absolute Gasteiger partial charge is 0.362 e. The van der Waals surface area contributed by atoms with Crippen LogP contribution < -0.4 is 4.90 Å². The van der Waals surface area contributed by atoms with Gasteiger partial charge in [0.2, 0.25) is 5.72 Å². The van der Waals surface area contributed by atoms with Gasteiger partial charge in [-0.25, -0.2) is 4.99 Å². The highest BCUT2D eigenvalue weighted by atomic mass is 32.2. The Morgan fingerprint density at radius 3 is 2.59 bits per heavy atom. The van der Waals surface area contributed by atoms with E-state index in [2.05, 4.69) is 11.1 Å². The molecule has 4 nitrogen and oxygen atoms in total. The first-order chi connectivity index (χ1) is 10.7. The molecule has 0 unspecified atom stereocenters. The third kappa shape index (κ3) is 1.65. The first-order valence-electron chi connectivity index (χ1n) is 6.78. The molecule has 0 bridgehead atoms. The summed E-state index contributed by atoms with van der Waals surface area (Å²) in [4.78, 5) is 7.09. The lowest BCUT2D eigenvalue weighted by Gasteiger charge is -2.39. The number of benzene rings is 2. The Hall–Kier alpha value is -2.55. The molecule has 4 rings (SSSR count). The molecule has 0 spiro atoms. The summed E-state index contributed by atoms with van der Waals surface area (Å²) >= 11 is 1.49. The van der Waals surface area contributed by atoms with Crippen molar-refractivity contribution in [2.75, 3.05) is 4.90 Å². The van der Waals surface area contributed by atoms with E-state index in [-0.39, 0.29) is 5.57 Å². The van der Waals surface area contributed by atoms with E-state index in [0.717, 1.165) is 10.6 Å². The molecule has 22 heavy (non-hydrogen) atoms. The monoisotopic (exact) mass is 305 g/mol. The fraction of sp³-hybridized carbons (Fsp3) is 0.0588. The standard InChI is InChI=1S/C17H11N3OS/c18-10-13-11-19-16-20(14-8-4-5-9-15(14)22-16)17(13,21)12-6-2-1-3-7-12/h1-9,11,21H/t17-/m1/s1. The second-order valence-corrected chi connectivity index (χ2v) is 6.02. The highest BCUT2D eigenvalue weighted by Crippen LogP contribution is 2.49. The molecule has 0 aromatic heterocycles. The highest BCUT2D eigenvalue weighted by Gasteiger charge is 2.48. The van der Waals surface area contributed by atoms with Crippen molar-refractivity contribution in [1.82, 2.24) is 0 Å². The van der Waals surface area contributed by atoms with Crippen LogP contribution in [0.3, 0.4) is 0 Å². The molecule has 2 aliphatic rings. The fourth-order valence-corrected chi connectivity index (χ4v) is 3.80. The molecule has 0 aliphatic carbocycles. The summed E-state index contributed by atoms with van der Waals surface area (Å²) in [5.74, 6) is 0. The van der Waals surface area contributed by atoms with Crippen LogP contribution in [-0.2, 0) is 5.72 Å². The topological polar surface area (TPSA) is 59.6 Å². The first kappa shape index (κ1) is 13.1. The fourth-order valence-electron chi connectivity index (χ4n) is 2.76. The van der Waals surface area contributed by atoms with Gasteiger partial charge < -0.3 is 5.11 Å². The molecule has 0 radical (unpaired) electrons. The number of anilines is 1. The molecule has 0 saturated carbocycles. The zero-order valence-corrected chi connectivity index (χ0v) is 12.3. The third-order valence-electron chi connectivity index (χ3n) is 3.80. The van der Waals surface area contributed by atoms with Crippen LogP contribution in [0.25, 0.3) is 0 Å². The predicted molar refractivity (Wildman–Crippen MR) is 86.2 cm³/mol. The van der Waals surface area contributed by atoms with Crippen molar-refractivity contribution in [3.05, 3.63) is 71.9 Å². The Morgan fingerprint density at radius 2 is 1.82 bits per heavy atom. The Labute approximate surface area is 132 Å².